The number of halogens is 1. The van der Waals surface area contributed by atoms with E-state index in [9.17, 15) is 15.0 Å². The molecule has 98 valence electrons. The smallest absolute Gasteiger partial charge is 0.164 e. The Kier molecular flexibility index (Phi) is 4.35. The number of nitrogens with zero attached hydrogens (tertiary/aromatic N) is 1. The van der Waals surface area contributed by atoms with Crippen LogP contribution in [0.5, 0.6) is 0 Å². The fourth-order valence-corrected chi connectivity index (χ4v) is 2.29. The number of carbonyl (C=O) groups excluding carboxylic acids is 1. The zero-order chi connectivity index (χ0) is 13.1. The van der Waals surface area contributed by atoms with Crippen LogP contribution >= 0.6 is 11.6 Å². The molecule has 1 aromatic carbocycles. The Morgan fingerprint density at radius 3 is 2.61 bits per heavy atom. The summed E-state index contributed by atoms with van der Waals surface area (Å²) in [5.74, 6) is 0.0216. The van der Waals surface area contributed by atoms with Gasteiger partial charge in [-0.1, -0.05) is 23.7 Å². The van der Waals surface area contributed by atoms with Crippen LogP contribution in [0.15, 0.2) is 24.3 Å². The molecule has 18 heavy (non-hydrogen) atoms. The molecule has 1 saturated heterocycles. The van der Waals surface area contributed by atoms with Crippen molar-refractivity contribution in [3.63, 3.8) is 0 Å². The van der Waals surface area contributed by atoms with E-state index in [1.54, 1.807) is 24.3 Å². The molecule has 1 fully saturated rings. The molecule has 0 spiro atoms. The number of carbonyl (C=O) groups is 1. The van der Waals surface area contributed by atoms with Crippen LogP contribution < -0.4 is 0 Å². The molecule has 2 unspecified atom stereocenters. The third-order valence-corrected chi connectivity index (χ3v) is 3.37. The van der Waals surface area contributed by atoms with Gasteiger partial charge in [0.1, 0.15) is 0 Å². The summed E-state index contributed by atoms with van der Waals surface area (Å²) >= 11 is 5.83. The minimum absolute atomic E-state index is 0.0216. The molecule has 0 bridgehead atoms. The van der Waals surface area contributed by atoms with Crippen molar-refractivity contribution in [3.05, 3.63) is 34.9 Å². The van der Waals surface area contributed by atoms with E-state index in [0.717, 1.165) is 0 Å². The van der Waals surface area contributed by atoms with Crippen molar-refractivity contribution in [3.8, 4) is 0 Å². The summed E-state index contributed by atoms with van der Waals surface area (Å²) in [6, 6.07) is 6.86. The van der Waals surface area contributed by atoms with Crippen molar-refractivity contribution in [1.82, 2.24) is 4.90 Å². The standard InChI is InChI=1S/C13H16ClNO3/c14-10-3-1-2-9(6-10)11(16)4-5-15-7-12(17)13(18)8-15/h1-3,6,12-13,17-18H,4-5,7-8H2. The van der Waals surface area contributed by atoms with Crippen LogP contribution in [0.3, 0.4) is 0 Å². The highest BCUT2D eigenvalue weighted by atomic mass is 35.5. The van der Waals surface area contributed by atoms with Crippen molar-refractivity contribution >= 4 is 17.4 Å². The van der Waals surface area contributed by atoms with E-state index in [0.29, 0.717) is 36.6 Å². The molecule has 0 saturated carbocycles. The first kappa shape index (κ1) is 13.5. The molecule has 4 nitrogen and oxygen atoms in total. The molecule has 0 radical (unpaired) electrons. The SMILES string of the molecule is O=C(CCN1CC(O)C(O)C1)c1cccc(Cl)c1. The minimum atomic E-state index is -0.703. The van der Waals surface area contributed by atoms with E-state index < -0.39 is 12.2 Å². The Labute approximate surface area is 111 Å². The second kappa shape index (κ2) is 5.80. The zero-order valence-electron chi connectivity index (χ0n) is 9.92. The summed E-state index contributed by atoms with van der Waals surface area (Å²) < 4.78 is 0. The van der Waals surface area contributed by atoms with Gasteiger partial charge in [0, 0.05) is 36.6 Å². The van der Waals surface area contributed by atoms with Gasteiger partial charge in [-0.05, 0) is 12.1 Å². The maximum atomic E-state index is 11.9. The van der Waals surface area contributed by atoms with Crippen LogP contribution in [0.1, 0.15) is 16.8 Å². The summed E-state index contributed by atoms with van der Waals surface area (Å²) in [7, 11) is 0. The van der Waals surface area contributed by atoms with E-state index in [1.165, 1.54) is 0 Å². The predicted molar refractivity (Wildman–Crippen MR) is 68.9 cm³/mol. The third-order valence-electron chi connectivity index (χ3n) is 3.14. The highest BCUT2D eigenvalue weighted by Gasteiger charge is 2.29. The molecule has 0 aromatic heterocycles. The lowest BCUT2D eigenvalue weighted by atomic mass is 10.1. The second-order valence-corrected chi connectivity index (χ2v) is 5.01. The van der Waals surface area contributed by atoms with Crippen molar-refractivity contribution in [2.75, 3.05) is 19.6 Å². The summed E-state index contributed by atoms with van der Waals surface area (Å²) in [5.41, 5.74) is 0.600. The van der Waals surface area contributed by atoms with Gasteiger partial charge in [-0.25, -0.2) is 0 Å². The van der Waals surface area contributed by atoms with Gasteiger partial charge in [0.2, 0.25) is 0 Å². The van der Waals surface area contributed by atoms with Gasteiger partial charge in [0.25, 0.3) is 0 Å². The van der Waals surface area contributed by atoms with Gasteiger partial charge >= 0.3 is 0 Å². The average Bonchev–Trinajstić information content (AvgIpc) is 2.66. The predicted octanol–water partition coefficient (Wildman–Crippen LogP) is 0.950. The molecule has 0 aliphatic carbocycles. The monoisotopic (exact) mass is 269 g/mol. The lowest BCUT2D eigenvalue weighted by molar-refractivity contribution is 0.0572. The number of β-amino-alcohol motifs (C(OH)–C–C–N with tert-alkyl or cyclic N) is 2. The maximum absolute atomic E-state index is 11.9. The Hall–Kier alpha value is -0.940. The van der Waals surface area contributed by atoms with Gasteiger partial charge in [-0.2, -0.15) is 0 Å². The highest BCUT2D eigenvalue weighted by Crippen LogP contribution is 2.14. The van der Waals surface area contributed by atoms with Crippen LogP contribution in [0, 0.1) is 0 Å². The molecule has 5 heteroatoms. The van der Waals surface area contributed by atoms with Crippen LogP contribution in [0.25, 0.3) is 0 Å². The van der Waals surface area contributed by atoms with Gasteiger partial charge in [0.15, 0.2) is 5.78 Å². The van der Waals surface area contributed by atoms with Gasteiger partial charge in [0.05, 0.1) is 12.2 Å². The summed E-state index contributed by atoms with van der Waals surface area (Å²) in [5, 5.41) is 19.3. The second-order valence-electron chi connectivity index (χ2n) is 4.58. The quantitative estimate of drug-likeness (QED) is 0.799. The lowest BCUT2D eigenvalue weighted by Gasteiger charge is -2.13. The van der Waals surface area contributed by atoms with E-state index in [1.807, 2.05) is 4.90 Å². The summed E-state index contributed by atoms with van der Waals surface area (Å²) in [6.07, 6.45) is -1.04. The number of ketones is 1. The molecule has 1 aromatic rings. The number of hydrogen-bond donors (Lipinski definition) is 2. The fraction of sp³-hybridized carbons (Fsp3) is 0.462. The Balaban J connectivity index is 1.86. The molecule has 1 aliphatic heterocycles. The van der Waals surface area contributed by atoms with Crippen LogP contribution in [-0.4, -0.2) is 52.7 Å². The first-order valence-electron chi connectivity index (χ1n) is 5.93. The topological polar surface area (TPSA) is 60.8 Å². The van der Waals surface area contributed by atoms with E-state index in [2.05, 4.69) is 0 Å². The highest BCUT2D eigenvalue weighted by molar-refractivity contribution is 6.31. The fourth-order valence-electron chi connectivity index (χ4n) is 2.10. The number of Topliss-reactive ketones (excluding diaryl/α,β-unsaturated/α-hetero) is 1. The van der Waals surface area contributed by atoms with Crippen molar-refractivity contribution < 1.29 is 15.0 Å². The Morgan fingerprint density at radius 1 is 1.33 bits per heavy atom. The Morgan fingerprint density at radius 2 is 2.00 bits per heavy atom. The summed E-state index contributed by atoms with van der Waals surface area (Å²) in [6.45, 7) is 1.38. The van der Waals surface area contributed by atoms with Crippen LogP contribution in [0.4, 0.5) is 0 Å². The van der Waals surface area contributed by atoms with Crippen molar-refractivity contribution in [2.45, 2.75) is 18.6 Å². The van der Waals surface area contributed by atoms with Gasteiger partial charge in [-0.15, -0.1) is 0 Å². The molecule has 2 rings (SSSR count). The van der Waals surface area contributed by atoms with Gasteiger partial charge in [-0.3, -0.25) is 9.69 Å². The zero-order valence-corrected chi connectivity index (χ0v) is 10.7. The lowest BCUT2D eigenvalue weighted by Crippen LogP contribution is -2.25. The van der Waals surface area contributed by atoms with E-state index >= 15 is 0 Å². The summed E-state index contributed by atoms with van der Waals surface area (Å²) in [4.78, 5) is 13.8. The largest absolute Gasteiger partial charge is 0.389 e. The number of benzene rings is 1. The van der Waals surface area contributed by atoms with E-state index in [-0.39, 0.29) is 5.78 Å². The molecular formula is C13H16ClNO3. The number of aliphatic hydroxyl groups is 2. The van der Waals surface area contributed by atoms with Crippen LogP contribution in [-0.2, 0) is 0 Å². The van der Waals surface area contributed by atoms with Gasteiger partial charge < -0.3 is 10.2 Å². The number of hydrogen-bond acceptors (Lipinski definition) is 4. The Bertz CT molecular complexity index is 428. The average molecular weight is 270 g/mol. The number of rotatable bonds is 4. The molecule has 0 amide bonds. The molecule has 1 aliphatic rings. The van der Waals surface area contributed by atoms with Crippen LogP contribution in [0.2, 0.25) is 5.02 Å². The first-order chi connectivity index (χ1) is 8.56. The first-order valence-corrected chi connectivity index (χ1v) is 6.31. The minimum Gasteiger partial charge on any atom is -0.389 e. The normalized spacial score (nSPS) is 24.4. The van der Waals surface area contributed by atoms with Crippen molar-refractivity contribution in [2.24, 2.45) is 0 Å². The van der Waals surface area contributed by atoms with E-state index in [4.69, 9.17) is 11.6 Å². The van der Waals surface area contributed by atoms with Crippen molar-refractivity contribution in [1.29, 1.82) is 0 Å². The number of aliphatic hydroxyl groups excluding tert-OH is 2. The maximum Gasteiger partial charge on any atom is 0.164 e. The molecular weight excluding hydrogens is 254 g/mol. The molecule has 2 atom stereocenters. The molecule has 2 N–H and O–H groups in total. The number of likely N-dealkylation sites (tertiary alicyclic amines) is 1. The molecule has 1 heterocycles. The third kappa shape index (κ3) is 3.29.